The highest BCUT2D eigenvalue weighted by atomic mass is 16.5. The molecule has 0 spiro atoms. The average molecular weight is 289 g/mol. The number of guanidine groups is 1. The average Bonchev–Trinajstić information content (AvgIpc) is 2.47. The fourth-order valence-electron chi connectivity index (χ4n) is 2.17. The lowest BCUT2D eigenvalue weighted by molar-refractivity contribution is 0.119. The van der Waals surface area contributed by atoms with E-state index in [1.807, 2.05) is 12.1 Å². The van der Waals surface area contributed by atoms with Gasteiger partial charge in [0.2, 0.25) is 0 Å². The number of hydrogen-bond acceptors (Lipinski definition) is 2. The Kier molecular flexibility index (Phi) is 6.38. The molecule has 0 radical (unpaired) electrons. The van der Waals surface area contributed by atoms with Crippen molar-refractivity contribution in [1.29, 1.82) is 0 Å². The molecule has 0 amide bonds. The van der Waals surface area contributed by atoms with Gasteiger partial charge >= 0.3 is 0 Å². The molecule has 2 rings (SSSR count). The molecule has 4 nitrogen and oxygen atoms in total. The van der Waals surface area contributed by atoms with Crippen molar-refractivity contribution in [2.24, 2.45) is 4.99 Å². The summed E-state index contributed by atoms with van der Waals surface area (Å²) in [5.74, 6) is 1.86. The normalized spacial score (nSPS) is 15.4. The summed E-state index contributed by atoms with van der Waals surface area (Å²) in [5.41, 5.74) is 1.15. The van der Waals surface area contributed by atoms with Crippen LogP contribution in [0.3, 0.4) is 0 Å². The number of nitrogens with one attached hydrogen (secondary N) is 2. The third kappa shape index (κ3) is 4.96. The number of ether oxygens (including phenoxy) is 1. The standard InChI is InChI=1S/C17H27N3O/c1-3-12-19-17(18-4-2)20-13-14-8-5-6-11-16(14)21-15-9-7-10-15/h5-6,8,11,15H,3-4,7,9-10,12-13H2,1-2H3,(H2,18,19,20). The van der Waals surface area contributed by atoms with Crippen LogP contribution in [0.15, 0.2) is 29.3 Å². The van der Waals surface area contributed by atoms with Crippen LogP contribution in [0.1, 0.15) is 45.1 Å². The second-order valence-electron chi connectivity index (χ2n) is 5.40. The molecular formula is C17H27N3O. The summed E-state index contributed by atoms with van der Waals surface area (Å²) in [7, 11) is 0. The smallest absolute Gasteiger partial charge is 0.191 e. The van der Waals surface area contributed by atoms with Crippen LogP contribution < -0.4 is 15.4 Å². The first-order chi connectivity index (χ1) is 10.3. The summed E-state index contributed by atoms with van der Waals surface area (Å²) < 4.78 is 6.04. The first-order valence-electron chi connectivity index (χ1n) is 8.10. The van der Waals surface area contributed by atoms with Crippen LogP contribution in [-0.4, -0.2) is 25.2 Å². The molecule has 116 valence electrons. The largest absolute Gasteiger partial charge is 0.490 e. The Morgan fingerprint density at radius 1 is 1.24 bits per heavy atom. The zero-order valence-electron chi connectivity index (χ0n) is 13.2. The van der Waals surface area contributed by atoms with Crippen molar-refractivity contribution in [3.05, 3.63) is 29.8 Å². The molecule has 0 aromatic heterocycles. The van der Waals surface area contributed by atoms with Gasteiger partial charge in [-0.1, -0.05) is 25.1 Å². The van der Waals surface area contributed by atoms with Crippen molar-refractivity contribution in [1.82, 2.24) is 10.6 Å². The molecule has 21 heavy (non-hydrogen) atoms. The second-order valence-corrected chi connectivity index (χ2v) is 5.40. The SMILES string of the molecule is CCCNC(=NCc1ccccc1OC1CCC1)NCC. The van der Waals surface area contributed by atoms with Gasteiger partial charge in [-0.3, -0.25) is 0 Å². The van der Waals surface area contributed by atoms with E-state index in [1.54, 1.807) is 0 Å². The Morgan fingerprint density at radius 2 is 2.05 bits per heavy atom. The highest BCUT2D eigenvalue weighted by Crippen LogP contribution is 2.27. The lowest BCUT2D eigenvalue weighted by Gasteiger charge is -2.27. The minimum absolute atomic E-state index is 0.404. The highest BCUT2D eigenvalue weighted by molar-refractivity contribution is 5.79. The van der Waals surface area contributed by atoms with Gasteiger partial charge in [-0.2, -0.15) is 0 Å². The third-order valence-electron chi connectivity index (χ3n) is 3.61. The molecule has 1 aliphatic rings. The molecule has 1 fully saturated rings. The molecule has 0 atom stereocenters. The molecule has 2 N–H and O–H groups in total. The first-order valence-corrected chi connectivity index (χ1v) is 8.10. The van der Waals surface area contributed by atoms with Crippen LogP contribution >= 0.6 is 0 Å². The van der Waals surface area contributed by atoms with Crippen molar-refractivity contribution in [3.63, 3.8) is 0 Å². The van der Waals surface area contributed by atoms with Gasteiger partial charge in [0, 0.05) is 18.7 Å². The zero-order valence-corrected chi connectivity index (χ0v) is 13.2. The van der Waals surface area contributed by atoms with E-state index < -0.39 is 0 Å². The van der Waals surface area contributed by atoms with E-state index in [9.17, 15) is 0 Å². The maximum absolute atomic E-state index is 6.04. The van der Waals surface area contributed by atoms with Crippen molar-refractivity contribution in [2.45, 2.75) is 52.2 Å². The fourth-order valence-corrected chi connectivity index (χ4v) is 2.17. The topological polar surface area (TPSA) is 45.7 Å². The van der Waals surface area contributed by atoms with Gasteiger partial charge in [0.1, 0.15) is 5.75 Å². The van der Waals surface area contributed by atoms with Crippen molar-refractivity contribution >= 4 is 5.96 Å². The Morgan fingerprint density at radius 3 is 2.71 bits per heavy atom. The summed E-state index contributed by atoms with van der Waals surface area (Å²) >= 11 is 0. The highest BCUT2D eigenvalue weighted by Gasteiger charge is 2.20. The number of benzene rings is 1. The Hall–Kier alpha value is -1.71. The van der Waals surface area contributed by atoms with Crippen LogP contribution in [0.4, 0.5) is 0 Å². The summed E-state index contributed by atoms with van der Waals surface area (Å²) in [6, 6.07) is 8.23. The third-order valence-corrected chi connectivity index (χ3v) is 3.61. The predicted octanol–water partition coefficient (Wildman–Crippen LogP) is 3.08. The zero-order chi connectivity index (χ0) is 14.9. The van der Waals surface area contributed by atoms with E-state index in [2.05, 4.69) is 41.6 Å². The number of nitrogens with zero attached hydrogens (tertiary/aromatic N) is 1. The molecule has 1 aromatic rings. The summed E-state index contributed by atoms with van der Waals surface area (Å²) in [6.45, 7) is 6.68. The molecule has 0 bridgehead atoms. The maximum Gasteiger partial charge on any atom is 0.191 e. The molecule has 4 heteroatoms. The number of hydrogen-bond donors (Lipinski definition) is 2. The van der Waals surface area contributed by atoms with E-state index >= 15 is 0 Å². The quantitative estimate of drug-likeness (QED) is 0.599. The summed E-state index contributed by atoms with van der Waals surface area (Å²) in [4.78, 5) is 4.65. The van der Waals surface area contributed by atoms with Gasteiger partial charge in [0.15, 0.2) is 5.96 Å². The molecular weight excluding hydrogens is 262 g/mol. The van der Waals surface area contributed by atoms with E-state index in [-0.39, 0.29) is 0 Å². The predicted molar refractivity (Wildman–Crippen MR) is 87.8 cm³/mol. The van der Waals surface area contributed by atoms with Crippen molar-refractivity contribution < 1.29 is 4.74 Å². The number of para-hydroxylation sites is 1. The van der Waals surface area contributed by atoms with Gasteiger partial charge < -0.3 is 15.4 Å². The minimum Gasteiger partial charge on any atom is -0.490 e. The lowest BCUT2D eigenvalue weighted by Crippen LogP contribution is -2.37. The first kappa shape index (κ1) is 15.7. The molecule has 1 aliphatic carbocycles. The van der Waals surface area contributed by atoms with Gasteiger partial charge in [-0.25, -0.2) is 4.99 Å². The van der Waals surface area contributed by atoms with Crippen LogP contribution in [0.5, 0.6) is 5.75 Å². The van der Waals surface area contributed by atoms with Gasteiger partial charge in [0.25, 0.3) is 0 Å². The van der Waals surface area contributed by atoms with Gasteiger partial charge in [0.05, 0.1) is 12.6 Å². The van der Waals surface area contributed by atoms with Crippen molar-refractivity contribution in [2.75, 3.05) is 13.1 Å². The molecule has 0 aliphatic heterocycles. The summed E-state index contributed by atoms with van der Waals surface area (Å²) in [6.07, 6.45) is 5.14. The summed E-state index contributed by atoms with van der Waals surface area (Å²) in [5, 5.41) is 6.59. The van der Waals surface area contributed by atoms with Gasteiger partial charge in [-0.05, 0) is 38.7 Å². The van der Waals surface area contributed by atoms with Crippen LogP contribution in [-0.2, 0) is 6.54 Å². The number of aliphatic imine (C=N–C) groups is 1. The minimum atomic E-state index is 0.404. The Balaban J connectivity index is 1.99. The molecule has 0 saturated heterocycles. The van der Waals surface area contributed by atoms with E-state index in [1.165, 1.54) is 19.3 Å². The van der Waals surface area contributed by atoms with Crippen LogP contribution in [0.2, 0.25) is 0 Å². The molecule has 0 unspecified atom stereocenters. The van der Waals surface area contributed by atoms with E-state index in [0.29, 0.717) is 12.6 Å². The van der Waals surface area contributed by atoms with Gasteiger partial charge in [-0.15, -0.1) is 0 Å². The Labute approximate surface area is 128 Å². The van der Waals surface area contributed by atoms with Crippen molar-refractivity contribution in [3.8, 4) is 5.75 Å². The molecule has 0 heterocycles. The Bertz CT molecular complexity index is 455. The van der Waals surface area contributed by atoms with Crippen LogP contribution in [0, 0.1) is 0 Å². The second kappa shape index (κ2) is 8.55. The molecule has 1 saturated carbocycles. The fraction of sp³-hybridized carbons (Fsp3) is 0.588. The van der Waals surface area contributed by atoms with E-state index in [4.69, 9.17) is 4.74 Å². The number of rotatable bonds is 7. The molecule has 1 aromatic carbocycles. The van der Waals surface area contributed by atoms with E-state index in [0.717, 1.165) is 36.8 Å². The monoisotopic (exact) mass is 289 g/mol. The lowest BCUT2D eigenvalue weighted by atomic mass is 9.96. The maximum atomic E-state index is 6.04. The van der Waals surface area contributed by atoms with Crippen LogP contribution in [0.25, 0.3) is 0 Å².